The summed E-state index contributed by atoms with van der Waals surface area (Å²) in [6.45, 7) is 13.8. The number of benzene rings is 2. The topological polar surface area (TPSA) is 0 Å². The van der Waals surface area contributed by atoms with E-state index in [4.69, 9.17) is 0 Å². The Morgan fingerprint density at radius 3 is 0.885 bits per heavy atom. The van der Waals surface area contributed by atoms with E-state index in [0.717, 1.165) is 38.5 Å². The van der Waals surface area contributed by atoms with Gasteiger partial charge in [0.25, 0.3) is 0 Å². The second-order valence-corrected chi connectivity index (χ2v) is 7.41. The van der Waals surface area contributed by atoms with E-state index in [1.165, 1.54) is 24.0 Å². The Bertz CT molecular complexity index is 607. The van der Waals surface area contributed by atoms with Crippen LogP contribution < -0.4 is 0 Å². The molecule has 0 aliphatic heterocycles. The van der Waals surface area contributed by atoms with Crippen LogP contribution in [0.5, 0.6) is 0 Å². The minimum absolute atomic E-state index is 1.14. The van der Waals surface area contributed by atoms with Gasteiger partial charge in [-0.25, -0.2) is 0 Å². The van der Waals surface area contributed by atoms with Gasteiger partial charge in [-0.15, -0.1) is 0 Å². The first-order chi connectivity index (χ1) is 12.6. The fraction of sp³-hybridized carbons (Fsp3) is 0.538. The van der Waals surface area contributed by atoms with Gasteiger partial charge in [-0.1, -0.05) is 65.8 Å². The van der Waals surface area contributed by atoms with Gasteiger partial charge in [-0.3, -0.25) is 0 Å². The maximum atomic E-state index is 2.45. The summed E-state index contributed by atoms with van der Waals surface area (Å²) in [6.07, 6.45) is 9.22. The molecule has 0 atom stereocenters. The third kappa shape index (κ3) is 4.58. The van der Waals surface area contributed by atoms with E-state index in [1.807, 2.05) is 0 Å². The van der Waals surface area contributed by atoms with Crippen molar-refractivity contribution in [3.8, 4) is 0 Å². The molecule has 0 aromatic heterocycles. The van der Waals surface area contributed by atoms with E-state index in [-0.39, 0.29) is 0 Å². The molecule has 0 nitrogen and oxygen atoms in total. The van der Waals surface area contributed by atoms with E-state index in [1.54, 1.807) is 33.4 Å². The maximum absolute atomic E-state index is 2.45. The molecular formula is C26H38. The van der Waals surface area contributed by atoms with Crippen molar-refractivity contribution in [2.75, 3.05) is 0 Å². The van der Waals surface area contributed by atoms with Crippen LogP contribution in [0.1, 0.15) is 86.1 Å². The van der Waals surface area contributed by atoms with Crippen LogP contribution in [0.4, 0.5) is 0 Å². The smallest absolute Gasteiger partial charge is 0.0233 e. The average molecular weight is 351 g/mol. The summed E-state index contributed by atoms with van der Waals surface area (Å²) in [5, 5.41) is 0. The zero-order valence-corrected chi connectivity index (χ0v) is 18.0. The van der Waals surface area contributed by atoms with Crippen molar-refractivity contribution >= 4 is 0 Å². The molecule has 0 fully saturated rings. The zero-order chi connectivity index (χ0) is 19.1. The number of hydrogen-bond donors (Lipinski definition) is 0. The predicted molar refractivity (Wildman–Crippen MR) is 117 cm³/mol. The van der Waals surface area contributed by atoms with Gasteiger partial charge in [0, 0.05) is 0 Å². The van der Waals surface area contributed by atoms with Gasteiger partial charge < -0.3 is 0 Å². The summed E-state index contributed by atoms with van der Waals surface area (Å²) in [5.74, 6) is 0. The van der Waals surface area contributed by atoms with Crippen LogP contribution >= 0.6 is 0 Å². The molecule has 0 aliphatic rings. The Morgan fingerprint density at radius 1 is 0.423 bits per heavy atom. The first-order valence-electron chi connectivity index (χ1n) is 10.9. The molecule has 0 saturated heterocycles. The highest BCUT2D eigenvalue weighted by Crippen LogP contribution is 2.26. The Kier molecular flexibility index (Phi) is 7.94. The van der Waals surface area contributed by atoms with Gasteiger partial charge in [-0.05, 0) is 95.9 Å². The second kappa shape index (κ2) is 9.95. The van der Waals surface area contributed by atoms with Crippen molar-refractivity contribution in [1.82, 2.24) is 0 Å². The fourth-order valence-corrected chi connectivity index (χ4v) is 4.30. The highest BCUT2D eigenvalue weighted by atomic mass is 14.2. The third-order valence-electron chi connectivity index (χ3n) is 5.95. The summed E-state index contributed by atoms with van der Waals surface area (Å²) in [6, 6.07) is 9.82. The second-order valence-electron chi connectivity index (χ2n) is 7.41. The van der Waals surface area contributed by atoms with Crippen LogP contribution in [-0.2, 0) is 51.4 Å². The summed E-state index contributed by atoms with van der Waals surface area (Å²) >= 11 is 0. The molecular weight excluding hydrogens is 312 g/mol. The largest absolute Gasteiger partial charge is 0.0613 e. The molecule has 26 heavy (non-hydrogen) atoms. The number of rotatable bonds is 9. The van der Waals surface area contributed by atoms with E-state index < -0.39 is 0 Å². The lowest BCUT2D eigenvalue weighted by Gasteiger charge is -2.19. The van der Waals surface area contributed by atoms with Crippen molar-refractivity contribution < 1.29 is 0 Å². The minimum atomic E-state index is 1.14. The van der Waals surface area contributed by atoms with E-state index >= 15 is 0 Å². The first-order valence-corrected chi connectivity index (χ1v) is 10.9. The monoisotopic (exact) mass is 350 g/mol. The van der Waals surface area contributed by atoms with Gasteiger partial charge in [0.1, 0.15) is 0 Å². The highest BCUT2D eigenvalue weighted by Gasteiger charge is 2.13. The molecule has 0 spiro atoms. The highest BCUT2D eigenvalue weighted by molar-refractivity contribution is 5.43. The Hall–Kier alpha value is -1.56. The standard InChI is InChI=1S/C26H38/c1-7-19-15-21(9-3)25(22(10-4)16-19)13-14-26-23(11-5)17-20(8-2)18-24(26)12-6/h15-18H,7-14H2,1-6H3. The molecule has 0 radical (unpaired) electrons. The molecule has 0 bridgehead atoms. The molecule has 2 aromatic carbocycles. The first kappa shape index (κ1) is 20.7. The zero-order valence-electron chi connectivity index (χ0n) is 18.0. The molecule has 2 aromatic rings. The molecule has 0 unspecified atom stereocenters. The fourth-order valence-electron chi connectivity index (χ4n) is 4.30. The summed E-state index contributed by atoms with van der Waals surface area (Å²) in [4.78, 5) is 0. The van der Waals surface area contributed by atoms with Crippen molar-refractivity contribution in [2.45, 2.75) is 92.9 Å². The van der Waals surface area contributed by atoms with Crippen molar-refractivity contribution in [1.29, 1.82) is 0 Å². The lowest BCUT2D eigenvalue weighted by Crippen LogP contribution is -2.07. The number of aryl methyl sites for hydroxylation is 6. The van der Waals surface area contributed by atoms with Crippen molar-refractivity contribution in [3.05, 3.63) is 68.8 Å². The molecule has 0 amide bonds. The van der Waals surface area contributed by atoms with Gasteiger partial charge in [0.2, 0.25) is 0 Å². The van der Waals surface area contributed by atoms with Gasteiger partial charge >= 0.3 is 0 Å². The van der Waals surface area contributed by atoms with Crippen LogP contribution in [0.25, 0.3) is 0 Å². The Balaban J connectivity index is 2.40. The van der Waals surface area contributed by atoms with Crippen LogP contribution in [0, 0.1) is 0 Å². The van der Waals surface area contributed by atoms with Crippen molar-refractivity contribution in [3.63, 3.8) is 0 Å². The molecule has 0 heteroatoms. The molecule has 2 rings (SSSR count). The lowest BCUT2D eigenvalue weighted by molar-refractivity contribution is 0.863. The average Bonchev–Trinajstić information content (AvgIpc) is 2.70. The Morgan fingerprint density at radius 2 is 0.692 bits per heavy atom. The third-order valence-corrected chi connectivity index (χ3v) is 5.95. The molecule has 0 aliphatic carbocycles. The summed E-state index contributed by atoms with van der Waals surface area (Å²) < 4.78 is 0. The predicted octanol–water partition coefficient (Wildman–Crippen LogP) is 6.85. The SMILES string of the molecule is CCc1cc(CC)c(CCc2c(CC)cc(CC)cc2CC)c(CC)c1. The summed E-state index contributed by atoms with van der Waals surface area (Å²) in [7, 11) is 0. The van der Waals surface area contributed by atoms with E-state index in [9.17, 15) is 0 Å². The molecule has 0 heterocycles. The van der Waals surface area contributed by atoms with Crippen LogP contribution in [0.15, 0.2) is 24.3 Å². The maximum Gasteiger partial charge on any atom is -0.0233 e. The van der Waals surface area contributed by atoms with E-state index in [2.05, 4.69) is 65.8 Å². The van der Waals surface area contributed by atoms with Crippen molar-refractivity contribution in [2.24, 2.45) is 0 Å². The normalized spacial score (nSPS) is 11.2. The quantitative estimate of drug-likeness (QED) is 0.464. The number of hydrogen-bond acceptors (Lipinski definition) is 0. The lowest BCUT2D eigenvalue weighted by atomic mass is 9.86. The van der Waals surface area contributed by atoms with Gasteiger partial charge in [0.05, 0.1) is 0 Å². The van der Waals surface area contributed by atoms with Crippen LogP contribution in [0.2, 0.25) is 0 Å². The molecule has 142 valence electrons. The van der Waals surface area contributed by atoms with Gasteiger partial charge in [0.15, 0.2) is 0 Å². The van der Waals surface area contributed by atoms with E-state index in [0.29, 0.717) is 0 Å². The molecule has 0 N–H and O–H groups in total. The van der Waals surface area contributed by atoms with Crippen LogP contribution in [-0.4, -0.2) is 0 Å². The molecule has 0 saturated carbocycles. The minimum Gasteiger partial charge on any atom is -0.0613 e. The van der Waals surface area contributed by atoms with Gasteiger partial charge in [-0.2, -0.15) is 0 Å². The van der Waals surface area contributed by atoms with Crippen LogP contribution in [0.3, 0.4) is 0 Å². The summed E-state index contributed by atoms with van der Waals surface area (Å²) in [5.41, 5.74) is 12.5. The Labute approximate surface area is 162 Å².